The first-order valence-electron chi connectivity index (χ1n) is 10.4. The summed E-state index contributed by atoms with van der Waals surface area (Å²) in [6.45, 7) is 1.06. The van der Waals surface area contributed by atoms with Crippen LogP contribution in [0, 0.1) is 5.41 Å². The molecule has 0 aliphatic carbocycles. The SMILES string of the molecule is CN(C)C(=O)C1(Cc2ccc(-c3cccs3)cc2)CCN(C(=O)c2cnccn2)CC1. The number of carbonyl (C=O) groups is 2. The van der Waals surface area contributed by atoms with E-state index in [0.717, 1.165) is 5.56 Å². The molecule has 31 heavy (non-hydrogen) atoms. The number of hydrogen-bond acceptors (Lipinski definition) is 5. The van der Waals surface area contributed by atoms with E-state index in [0.29, 0.717) is 38.0 Å². The third-order valence-electron chi connectivity index (χ3n) is 5.95. The van der Waals surface area contributed by atoms with E-state index in [1.54, 1.807) is 41.4 Å². The van der Waals surface area contributed by atoms with Crippen LogP contribution in [0.1, 0.15) is 28.9 Å². The smallest absolute Gasteiger partial charge is 0.274 e. The number of hydrogen-bond donors (Lipinski definition) is 0. The summed E-state index contributed by atoms with van der Waals surface area (Å²) < 4.78 is 0. The van der Waals surface area contributed by atoms with Gasteiger partial charge >= 0.3 is 0 Å². The van der Waals surface area contributed by atoms with Crippen molar-refractivity contribution < 1.29 is 9.59 Å². The molecule has 0 saturated carbocycles. The van der Waals surface area contributed by atoms with Gasteiger partial charge in [-0.1, -0.05) is 30.3 Å². The van der Waals surface area contributed by atoms with Crippen molar-refractivity contribution in [1.29, 1.82) is 0 Å². The van der Waals surface area contributed by atoms with Gasteiger partial charge in [-0.25, -0.2) is 4.98 Å². The molecule has 1 fully saturated rings. The molecule has 1 saturated heterocycles. The van der Waals surface area contributed by atoms with E-state index in [1.165, 1.54) is 22.8 Å². The first-order chi connectivity index (χ1) is 15.0. The Labute approximate surface area is 186 Å². The number of carbonyl (C=O) groups excluding carboxylic acids is 2. The number of amides is 2. The van der Waals surface area contributed by atoms with Crippen LogP contribution in [0.25, 0.3) is 10.4 Å². The van der Waals surface area contributed by atoms with Gasteiger partial charge in [-0.05, 0) is 41.8 Å². The highest BCUT2D eigenvalue weighted by molar-refractivity contribution is 7.13. The monoisotopic (exact) mass is 434 g/mol. The van der Waals surface area contributed by atoms with Gasteiger partial charge in [0, 0.05) is 44.5 Å². The largest absolute Gasteiger partial charge is 0.348 e. The zero-order valence-corrected chi connectivity index (χ0v) is 18.6. The van der Waals surface area contributed by atoms with E-state index in [2.05, 4.69) is 51.7 Å². The van der Waals surface area contributed by atoms with Crippen LogP contribution in [0.5, 0.6) is 0 Å². The minimum Gasteiger partial charge on any atom is -0.348 e. The molecule has 0 atom stereocenters. The van der Waals surface area contributed by atoms with Crippen LogP contribution in [0.15, 0.2) is 60.4 Å². The van der Waals surface area contributed by atoms with Gasteiger partial charge in [-0.2, -0.15) is 0 Å². The van der Waals surface area contributed by atoms with E-state index in [1.807, 2.05) is 0 Å². The molecule has 3 aromatic rings. The third-order valence-corrected chi connectivity index (χ3v) is 6.87. The minimum atomic E-state index is -0.507. The van der Waals surface area contributed by atoms with Crippen LogP contribution in [0.3, 0.4) is 0 Å². The molecule has 0 N–H and O–H groups in total. The quantitative estimate of drug-likeness (QED) is 0.613. The first-order valence-corrected chi connectivity index (χ1v) is 11.3. The number of rotatable bonds is 5. The van der Waals surface area contributed by atoms with Crippen LogP contribution in [-0.4, -0.2) is 58.8 Å². The van der Waals surface area contributed by atoms with Crippen LogP contribution in [-0.2, 0) is 11.2 Å². The standard InChI is InChI=1S/C24H26N4O2S/c1-27(2)23(30)24(16-18-5-7-19(8-6-18)21-4-3-15-31-21)9-13-28(14-10-24)22(29)20-17-25-11-12-26-20/h3-8,11-12,15,17H,9-10,13-14,16H2,1-2H3. The van der Waals surface area contributed by atoms with Gasteiger partial charge in [-0.3, -0.25) is 14.6 Å². The molecule has 3 heterocycles. The summed E-state index contributed by atoms with van der Waals surface area (Å²) >= 11 is 1.72. The van der Waals surface area contributed by atoms with Crippen molar-refractivity contribution in [2.24, 2.45) is 5.41 Å². The Bertz CT molecular complexity index is 1030. The number of aromatic nitrogens is 2. The average Bonchev–Trinajstić information content (AvgIpc) is 3.34. The van der Waals surface area contributed by atoms with Crippen molar-refractivity contribution in [3.8, 4) is 10.4 Å². The van der Waals surface area contributed by atoms with Gasteiger partial charge in [0.05, 0.1) is 11.6 Å². The molecule has 7 heteroatoms. The molecular formula is C24H26N4O2S. The molecule has 1 aliphatic rings. The second-order valence-electron chi connectivity index (χ2n) is 8.21. The van der Waals surface area contributed by atoms with Crippen LogP contribution >= 0.6 is 11.3 Å². The molecule has 0 bridgehead atoms. The number of likely N-dealkylation sites (tertiary alicyclic amines) is 1. The molecule has 4 rings (SSSR count). The van der Waals surface area contributed by atoms with Crippen molar-refractivity contribution in [3.63, 3.8) is 0 Å². The fourth-order valence-corrected chi connectivity index (χ4v) is 5.00. The Morgan fingerprint density at radius 2 is 1.84 bits per heavy atom. The molecule has 6 nitrogen and oxygen atoms in total. The zero-order chi connectivity index (χ0) is 21.8. The highest BCUT2D eigenvalue weighted by atomic mass is 32.1. The molecule has 0 unspecified atom stereocenters. The summed E-state index contributed by atoms with van der Waals surface area (Å²) in [5.41, 5.74) is 2.17. The second kappa shape index (κ2) is 8.98. The van der Waals surface area contributed by atoms with Gasteiger partial charge in [0.1, 0.15) is 5.69 Å². The molecule has 2 aromatic heterocycles. The summed E-state index contributed by atoms with van der Waals surface area (Å²) in [5.74, 6) is 0.000683. The van der Waals surface area contributed by atoms with Gasteiger partial charge in [0.15, 0.2) is 0 Å². The van der Waals surface area contributed by atoms with E-state index in [-0.39, 0.29) is 11.8 Å². The number of piperidine rings is 1. The fourth-order valence-electron chi connectivity index (χ4n) is 4.27. The van der Waals surface area contributed by atoms with E-state index in [9.17, 15) is 9.59 Å². The van der Waals surface area contributed by atoms with E-state index >= 15 is 0 Å². The predicted octanol–water partition coefficient (Wildman–Crippen LogP) is 3.76. The Morgan fingerprint density at radius 1 is 1.10 bits per heavy atom. The number of benzene rings is 1. The number of nitrogens with zero attached hydrogens (tertiary/aromatic N) is 4. The summed E-state index contributed by atoms with van der Waals surface area (Å²) in [5, 5.41) is 2.07. The molecule has 1 aromatic carbocycles. The molecule has 0 radical (unpaired) electrons. The minimum absolute atomic E-state index is 0.126. The Kier molecular flexibility index (Phi) is 6.13. The Hall–Kier alpha value is -3.06. The summed E-state index contributed by atoms with van der Waals surface area (Å²) in [6, 6.07) is 12.7. The lowest BCUT2D eigenvalue weighted by Gasteiger charge is -2.42. The normalized spacial score (nSPS) is 15.5. The van der Waals surface area contributed by atoms with Crippen molar-refractivity contribution in [3.05, 3.63) is 71.6 Å². The summed E-state index contributed by atoms with van der Waals surface area (Å²) in [6.07, 6.45) is 6.49. The van der Waals surface area contributed by atoms with Crippen LogP contribution in [0.2, 0.25) is 0 Å². The van der Waals surface area contributed by atoms with Gasteiger partial charge in [0.2, 0.25) is 5.91 Å². The second-order valence-corrected chi connectivity index (χ2v) is 9.16. The molecular weight excluding hydrogens is 408 g/mol. The maximum atomic E-state index is 13.2. The third kappa shape index (κ3) is 4.51. The Morgan fingerprint density at radius 3 is 2.42 bits per heavy atom. The molecule has 2 amide bonds. The van der Waals surface area contributed by atoms with Crippen molar-refractivity contribution in [1.82, 2.24) is 19.8 Å². The number of thiophene rings is 1. The topological polar surface area (TPSA) is 66.4 Å². The summed E-state index contributed by atoms with van der Waals surface area (Å²) in [7, 11) is 3.61. The fraction of sp³-hybridized carbons (Fsp3) is 0.333. The lowest BCUT2D eigenvalue weighted by atomic mass is 9.72. The molecule has 1 aliphatic heterocycles. The average molecular weight is 435 g/mol. The zero-order valence-electron chi connectivity index (χ0n) is 17.8. The lowest BCUT2D eigenvalue weighted by molar-refractivity contribution is -0.142. The van der Waals surface area contributed by atoms with Crippen LogP contribution < -0.4 is 0 Å². The van der Waals surface area contributed by atoms with Gasteiger partial charge < -0.3 is 9.80 Å². The predicted molar refractivity (Wildman–Crippen MR) is 122 cm³/mol. The Balaban J connectivity index is 1.51. The van der Waals surface area contributed by atoms with Gasteiger partial charge in [0.25, 0.3) is 5.91 Å². The first kappa shape index (κ1) is 21.2. The highest BCUT2D eigenvalue weighted by Crippen LogP contribution is 2.38. The van der Waals surface area contributed by atoms with E-state index < -0.39 is 5.41 Å². The van der Waals surface area contributed by atoms with Crippen molar-refractivity contribution in [2.45, 2.75) is 19.3 Å². The summed E-state index contributed by atoms with van der Waals surface area (Å²) in [4.78, 5) is 38.8. The maximum absolute atomic E-state index is 13.2. The lowest BCUT2D eigenvalue weighted by Crippen LogP contribution is -2.51. The maximum Gasteiger partial charge on any atom is 0.274 e. The van der Waals surface area contributed by atoms with E-state index in [4.69, 9.17) is 0 Å². The van der Waals surface area contributed by atoms with Gasteiger partial charge in [-0.15, -0.1) is 11.3 Å². The van der Waals surface area contributed by atoms with Crippen molar-refractivity contribution >= 4 is 23.2 Å². The molecule has 160 valence electrons. The van der Waals surface area contributed by atoms with Crippen molar-refractivity contribution in [2.75, 3.05) is 27.2 Å². The van der Waals surface area contributed by atoms with Crippen LogP contribution in [0.4, 0.5) is 0 Å². The molecule has 0 spiro atoms. The highest BCUT2D eigenvalue weighted by Gasteiger charge is 2.43.